The van der Waals surface area contributed by atoms with Crippen molar-refractivity contribution in [2.24, 2.45) is 17.0 Å². The molecule has 0 radical (unpaired) electrons. The van der Waals surface area contributed by atoms with E-state index in [0.717, 1.165) is 36.9 Å². The van der Waals surface area contributed by atoms with Crippen molar-refractivity contribution in [2.45, 2.75) is 25.3 Å². The van der Waals surface area contributed by atoms with E-state index in [-0.39, 0.29) is 0 Å². The highest BCUT2D eigenvalue weighted by atomic mass is 35.5. The molecular formula is C17H22ClN3O. The molecule has 1 aliphatic heterocycles. The maximum atomic E-state index is 9.39. The summed E-state index contributed by atoms with van der Waals surface area (Å²) >= 11 is 6.10. The van der Waals surface area contributed by atoms with Crippen LogP contribution in [0.2, 0.25) is 5.02 Å². The second-order valence-electron chi connectivity index (χ2n) is 6.74. The lowest BCUT2D eigenvalue weighted by atomic mass is 9.91. The van der Waals surface area contributed by atoms with Crippen LogP contribution in [0.25, 0.3) is 0 Å². The smallest absolute Gasteiger partial charge is 0.0775 e. The van der Waals surface area contributed by atoms with Crippen molar-refractivity contribution in [1.29, 1.82) is 0 Å². The Morgan fingerprint density at radius 3 is 2.68 bits per heavy atom. The molecule has 2 bridgehead atoms. The van der Waals surface area contributed by atoms with E-state index in [1.165, 1.54) is 24.9 Å². The quantitative estimate of drug-likeness (QED) is 0.672. The zero-order valence-electron chi connectivity index (χ0n) is 12.7. The largest absolute Gasteiger partial charge is 0.411 e. The fourth-order valence-electron chi connectivity index (χ4n) is 4.61. The van der Waals surface area contributed by atoms with E-state index >= 15 is 0 Å². The van der Waals surface area contributed by atoms with Gasteiger partial charge in [0.15, 0.2) is 0 Å². The molecule has 1 aromatic rings. The van der Waals surface area contributed by atoms with Crippen molar-refractivity contribution in [3.05, 3.63) is 29.3 Å². The van der Waals surface area contributed by atoms with E-state index < -0.39 is 0 Å². The van der Waals surface area contributed by atoms with E-state index in [4.69, 9.17) is 11.6 Å². The van der Waals surface area contributed by atoms with Crippen LogP contribution in [0.5, 0.6) is 0 Å². The summed E-state index contributed by atoms with van der Waals surface area (Å²) in [7, 11) is 0. The first-order valence-corrected chi connectivity index (χ1v) is 8.60. The first-order chi connectivity index (χ1) is 10.8. The van der Waals surface area contributed by atoms with Gasteiger partial charge in [-0.3, -0.25) is 4.90 Å². The molecule has 0 aromatic heterocycles. The summed E-state index contributed by atoms with van der Waals surface area (Å²) in [6.07, 6.45) is 3.73. The van der Waals surface area contributed by atoms with Gasteiger partial charge in [0, 0.05) is 42.8 Å². The average molecular weight is 320 g/mol. The van der Waals surface area contributed by atoms with E-state index in [9.17, 15) is 5.21 Å². The van der Waals surface area contributed by atoms with Crippen LogP contribution >= 0.6 is 11.6 Å². The predicted molar refractivity (Wildman–Crippen MR) is 89.1 cm³/mol. The summed E-state index contributed by atoms with van der Waals surface area (Å²) in [5, 5.41) is 13.8. The van der Waals surface area contributed by atoms with E-state index in [2.05, 4.69) is 21.0 Å². The Morgan fingerprint density at radius 2 is 1.95 bits per heavy atom. The number of hydrogen-bond acceptors (Lipinski definition) is 4. The van der Waals surface area contributed by atoms with Gasteiger partial charge >= 0.3 is 0 Å². The molecule has 118 valence electrons. The molecule has 2 aliphatic carbocycles. The molecule has 3 fully saturated rings. The zero-order valence-corrected chi connectivity index (χ0v) is 13.4. The highest BCUT2D eigenvalue weighted by Crippen LogP contribution is 2.45. The van der Waals surface area contributed by atoms with E-state index in [1.54, 1.807) is 0 Å². The van der Waals surface area contributed by atoms with Gasteiger partial charge in [-0.2, -0.15) is 0 Å². The molecule has 1 saturated heterocycles. The molecule has 4 rings (SSSR count). The highest BCUT2D eigenvalue weighted by Gasteiger charge is 2.48. The van der Waals surface area contributed by atoms with Gasteiger partial charge in [-0.15, -0.1) is 0 Å². The van der Waals surface area contributed by atoms with Gasteiger partial charge in [0.2, 0.25) is 0 Å². The summed E-state index contributed by atoms with van der Waals surface area (Å²) in [4.78, 5) is 4.92. The molecule has 3 atom stereocenters. The number of fused-ring (bicyclic) bond motifs is 2. The van der Waals surface area contributed by atoms with E-state index in [0.29, 0.717) is 17.9 Å². The van der Waals surface area contributed by atoms with Crippen molar-refractivity contribution in [3.8, 4) is 0 Å². The molecule has 0 amide bonds. The number of benzene rings is 1. The fourth-order valence-corrected chi connectivity index (χ4v) is 4.80. The third-order valence-electron chi connectivity index (χ3n) is 5.64. The Bertz CT molecular complexity index is 583. The molecule has 3 aliphatic rings. The van der Waals surface area contributed by atoms with Crippen molar-refractivity contribution >= 4 is 23.0 Å². The van der Waals surface area contributed by atoms with Crippen LogP contribution in [0.15, 0.2) is 29.4 Å². The molecule has 1 aromatic carbocycles. The lowest BCUT2D eigenvalue weighted by Crippen LogP contribution is -2.54. The molecule has 0 unspecified atom stereocenters. The lowest BCUT2D eigenvalue weighted by molar-refractivity contribution is 0.181. The minimum absolute atomic E-state index is 0.380. The second-order valence-corrected chi connectivity index (χ2v) is 7.18. The van der Waals surface area contributed by atoms with Crippen molar-refractivity contribution in [2.75, 3.05) is 31.1 Å². The predicted octanol–water partition coefficient (Wildman–Crippen LogP) is 3.09. The molecule has 1 N–H and O–H groups in total. The van der Waals surface area contributed by atoms with Crippen LogP contribution in [0.3, 0.4) is 0 Å². The Labute approximate surface area is 136 Å². The maximum Gasteiger partial charge on any atom is 0.0775 e. The fraction of sp³-hybridized carbons (Fsp3) is 0.588. The molecule has 1 heterocycles. The minimum Gasteiger partial charge on any atom is -0.411 e. The molecule has 4 nitrogen and oxygen atoms in total. The van der Waals surface area contributed by atoms with Gasteiger partial charge in [0.05, 0.1) is 11.8 Å². The van der Waals surface area contributed by atoms with Crippen molar-refractivity contribution < 1.29 is 5.21 Å². The number of halogens is 1. The van der Waals surface area contributed by atoms with Gasteiger partial charge in [-0.1, -0.05) is 22.8 Å². The normalized spacial score (nSPS) is 33.8. The Hall–Kier alpha value is -1.26. The third-order valence-corrected chi connectivity index (χ3v) is 5.87. The van der Waals surface area contributed by atoms with Gasteiger partial charge in [-0.05, 0) is 43.4 Å². The highest BCUT2D eigenvalue weighted by molar-refractivity contribution is 6.30. The number of rotatable bonds is 2. The monoisotopic (exact) mass is 319 g/mol. The van der Waals surface area contributed by atoms with E-state index in [1.807, 2.05) is 18.2 Å². The lowest BCUT2D eigenvalue weighted by Gasteiger charge is -2.41. The number of oxime groups is 1. The molecule has 0 spiro atoms. The van der Waals surface area contributed by atoms with Gasteiger partial charge < -0.3 is 10.1 Å². The molecule has 5 heteroatoms. The third kappa shape index (κ3) is 2.38. The number of anilines is 1. The van der Waals surface area contributed by atoms with Crippen LogP contribution in [0.4, 0.5) is 5.69 Å². The zero-order chi connectivity index (χ0) is 15.1. The van der Waals surface area contributed by atoms with Gasteiger partial charge in [0.1, 0.15) is 0 Å². The van der Waals surface area contributed by atoms with Crippen LogP contribution in [0, 0.1) is 11.8 Å². The van der Waals surface area contributed by atoms with Crippen LogP contribution < -0.4 is 4.90 Å². The first-order valence-electron chi connectivity index (χ1n) is 8.22. The maximum absolute atomic E-state index is 9.39. The molecular weight excluding hydrogens is 298 g/mol. The Kier molecular flexibility index (Phi) is 3.74. The Balaban J connectivity index is 1.44. The van der Waals surface area contributed by atoms with Crippen molar-refractivity contribution in [1.82, 2.24) is 4.90 Å². The SMILES string of the molecule is O/N=C1/[C@H]2CC[C@@H](C2)[C@@H]1N1CCN(c2cccc(Cl)c2)CC1. The number of hydrogen-bond donors (Lipinski definition) is 1. The minimum atomic E-state index is 0.380. The van der Waals surface area contributed by atoms with Crippen molar-refractivity contribution in [3.63, 3.8) is 0 Å². The number of piperazine rings is 1. The standard InChI is InChI=1S/C17H22ClN3O/c18-14-2-1-3-15(11-14)20-6-8-21(9-7-20)17-13-5-4-12(10-13)16(17)19-22/h1-3,11-13,17,22H,4-10H2/b19-16-/t12-,13-,17-/m0/s1. The Morgan fingerprint density at radius 1 is 1.14 bits per heavy atom. The summed E-state index contributed by atoms with van der Waals surface area (Å²) in [5.41, 5.74) is 2.25. The van der Waals surface area contributed by atoms with Crippen LogP contribution in [-0.2, 0) is 0 Å². The van der Waals surface area contributed by atoms with Crippen LogP contribution in [0.1, 0.15) is 19.3 Å². The molecule has 2 saturated carbocycles. The number of nitrogens with zero attached hydrogens (tertiary/aromatic N) is 3. The van der Waals surface area contributed by atoms with Gasteiger partial charge in [0.25, 0.3) is 0 Å². The summed E-state index contributed by atoms with van der Waals surface area (Å²) < 4.78 is 0. The second kappa shape index (κ2) is 5.74. The first kappa shape index (κ1) is 14.3. The topological polar surface area (TPSA) is 39.1 Å². The summed E-state index contributed by atoms with van der Waals surface area (Å²) in [6.45, 7) is 4.07. The average Bonchev–Trinajstić information content (AvgIpc) is 3.15. The summed E-state index contributed by atoms with van der Waals surface area (Å²) in [5.74, 6) is 1.24. The summed E-state index contributed by atoms with van der Waals surface area (Å²) in [6, 6.07) is 8.47. The van der Waals surface area contributed by atoms with Crippen LogP contribution in [-0.4, -0.2) is 48.0 Å². The molecule has 22 heavy (non-hydrogen) atoms. The van der Waals surface area contributed by atoms with Gasteiger partial charge in [-0.25, -0.2) is 0 Å².